The van der Waals surface area contributed by atoms with Gasteiger partial charge in [-0.15, -0.1) is 0 Å². The molecule has 3 rings (SSSR count). The second-order valence-corrected chi connectivity index (χ2v) is 7.68. The lowest BCUT2D eigenvalue weighted by Crippen LogP contribution is -2.37. The lowest BCUT2D eigenvalue weighted by molar-refractivity contribution is -0.121. The summed E-state index contributed by atoms with van der Waals surface area (Å²) >= 11 is 0. The predicted octanol–water partition coefficient (Wildman–Crippen LogP) is 2.80. The van der Waals surface area contributed by atoms with Crippen LogP contribution in [0, 0.1) is 6.92 Å². The molecule has 1 aromatic rings. The lowest BCUT2D eigenvalue weighted by Gasteiger charge is -2.20. The van der Waals surface area contributed by atoms with Gasteiger partial charge in [0.2, 0.25) is 5.91 Å². The van der Waals surface area contributed by atoms with E-state index < -0.39 is 6.03 Å². The van der Waals surface area contributed by atoms with Crippen molar-refractivity contribution in [2.24, 2.45) is 0 Å². The van der Waals surface area contributed by atoms with Crippen LogP contribution in [0.4, 0.5) is 10.5 Å². The fourth-order valence-corrected chi connectivity index (χ4v) is 3.96. The molecule has 0 unspecified atom stereocenters. The molecule has 0 aromatic heterocycles. The summed E-state index contributed by atoms with van der Waals surface area (Å²) < 4.78 is 0. The quantitative estimate of drug-likeness (QED) is 0.702. The van der Waals surface area contributed by atoms with Gasteiger partial charge in [0, 0.05) is 32.1 Å². The fourth-order valence-electron chi connectivity index (χ4n) is 3.96. The summed E-state index contributed by atoms with van der Waals surface area (Å²) in [5.41, 5.74) is 1.88. The number of hydrogen-bond donors (Lipinski definition) is 3. The number of aryl methyl sites for hydroxylation is 1. The fraction of sp³-hybridized carbons (Fsp3) is 0.571. The second-order valence-electron chi connectivity index (χ2n) is 7.68. The van der Waals surface area contributed by atoms with E-state index >= 15 is 0 Å². The molecule has 4 amide bonds. The third-order valence-electron chi connectivity index (χ3n) is 5.49. The van der Waals surface area contributed by atoms with Gasteiger partial charge in [0.15, 0.2) is 0 Å². The minimum absolute atomic E-state index is 0.0346. The van der Waals surface area contributed by atoms with E-state index in [1.54, 1.807) is 6.07 Å². The van der Waals surface area contributed by atoms with Gasteiger partial charge in [0.25, 0.3) is 5.91 Å². The van der Waals surface area contributed by atoms with Gasteiger partial charge in [-0.3, -0.25) is 9.59 Å². The van der Waals surface area contributed by atoms with Crippen molar-refractivity contribution >= 4 is 23.5 Å². The van der Waals surface area contributed by atoms with Crippen LogP contribution in [0.5, 0.6) is 0 Å². The number of urea groups is 1. The van der Waals surface area contributed by atoms with Crippen molar-refractivity contribution in [1.82, 2.24) is 15.5 Å². The highest BCUT2D eigenvalue weighted by molar-refractivity contribution is 6.04. The molecule has 28 heavy (non-hydrogen) atoms. The summed E-state index contributed by atoms with van der Waals surface area (Å²) in [5, 5.41) is 8.48. The van der Waals surface area contributed by atoms with Crippen molar-refractivity contribution in [2.75, 3.05) is 25.0 Å². The van der Waals surface area contributed by atoms with Gasteiger partial charge in [-0.2, -0.15) is 0 Å². The monoisotopic (exact) mass is 386 g/mol. The number of amides is 4. The maximum Gasteiger partial charge on any atom is 0.319 e. The first-order valence-corrected chi connectivity index (χ1v) is 10.3. The van der Waals surface area contributed by atoms with Crippen LogP contribution in [0.3, 0.4) is 0 Å². The first-order chi connectivity index (χ1) is 13.5. The zero-order chi connectivity index (χ0) is 19.9. The Hall–Kier alpha value is -2.57. The Morgan fingerprint density at radius 2 is 1.79 bits per heavy atom. The Morgan fingerprint density at radius 1 is 1.07 bits per heavy atom. The molecule has 7 heteroatoms. The highest BCUT2D eigenvalue weighted by atomic mass is 16.2. The normalized spacial score (nSPS) is 16.8. The second kappa shape index (κ2) is 9.57. The van der Waals surface area contributed by atoms with Crippen LogP contribution < -0.4 is 16.0 Å². The molecule has 0 spiro atoms. The number of nitrogens with one attached hydrogen (secondary N) is 3. The number of anilines is 1. The zero-order valence-corrected chi connectivity index (χ0v) is 16.6. The van der Waals surface area contributed by atoms with Crippen molar-refractivity contribution in [2.45, 2.75) is 57.9 Å². The standard InChI is InChI=1S/C21H30N4O3/c1-15-7-6-10-17(19(15)20(27)25-13-4-5-14-25)24-21(28)22-12-11-18(26)23-16-8-2-3-9-16/h6-7,10,16H,2-5,8-9,11-14H2,1H3,(H,23,26)(H2,22,24,28). The largest absolute Gasteiger partial charge is 0.353 e. The Morgan fingerprint density at radius 3 is 2.50 bits per heavy atom. The van der Waals surface area contributed by atoms with E-state index in [4.69, 9.17) is 0 Å². The number of nitrogens with zero attached hydrogens (tertiary/aromatic N) is 1. The van der Waals surface area contributed by atoms with E-state index in [1.165, 1.54) is 12.8 Å². The minimum Gasteiger partial charge on any atom is -0.353 e. The van der Waals surface area contributed by atoms with Gasteiger partial charge in [-0.05, 0) is 44.2 Å². The van der Waals surface area contributed by atoms with E-state index in [0.29, 0.717) is 11.3 Å². The number of benzene rings is 1. The number of carbonyl (C=O) groups is 3. The van der Waals surface area contributed by atoms with Crippen molar-refractivity contribution in [3.05, 3.63) is 29.3 Å². The van der Waals surface area contributed by atoms with Gasteiger partial charge in [-0.1, -0.05) is 25.0 Å². The molecule has 1 aromatic carbocycles. The average molecular weight is 386 g/mol. The molecule has 0 bridgehead atoms. The topological polar surface area (TPSA) is 90.5 Å². The Bertz CT molecular complexity index is 722. The molecule has 0 radical (unpaired) electrons. The smallest absolute Gasteiger partial charge is 0.319 e. The third-order valence-corrected chi connectivity index (χ3v) is 5.49. The molecule has 1 heterocycles. The van der Waals surface area contributed by atoms with Crippen LogP contribution in [0.2, 0.25) is 0 Å². The van der Waals surface area contributed by atoms with Crippen molar-refractivity contribution in [1.29, 1.82) is 0 Å². The number of likely N-dealkylation sites (tertiary alicyclic amines) is 1. The molecular formula is C21H30N4O3. The predicted molar refractivity (Wildman–Crippen MR) is 108 cm³/mol. The van der Waals surface area contributed by atoms with E-state index in [0.717, 1.165) is 44.3 Å². The van der Waals surface area contributed by atoms with Crippen LogP contribution in [0.15, 0.2) is 18.2 Å². The molecular weight excluding hydrogens is 356 g/mol. The van der Waals surface area contributed by atoms with Crippen molar-refractivity contribution < 1.29 is 14.4 Å². The maximum absolute atomic E-state index is 12.8. The average Bonchev–Trinajstić information content (AvgIpc) is 3.35. The van der Waals surface area contributed by atoms with Gasteiger partial charge in [0.05, 0.1) is 11.3 Å². The van der Waals surface area contributed by atoms with Crippen molar-refractivity contribution in [3.63, 3.8) is 0 Å². The van der Waals surface area contributed by atoms with E-state index in [1.807, 2.05) is 24.0 Å². The summed E-state index contributed by atoms with van der Waals surface area (Å²) in [5.74, 6) is -0.0745. The molecule has 0 atom stereocenters. The minimum atomic E-state index is -0.408. The summed E-state index contributed by atoms with van der Waals surface area (Å²) in [6, 6.07) is 5.31. The molecule has 2 aliphatic rings. The van der Waals surface area contributed by atoms with Crippen LogP contribution in [0.1, 0.15) is 60.9 Å². The number of hydrogen-bond acceptors (Lipinski definition) is 3. The van der Waals surface area contributed by atoms with Crippen LogP contribution >= 0.6 is 0 Å². The lowest BCUT2D eigenvalue weighted by atomic mass is 10.1. The summed E-state index contributed by atoms with van der Waals surface area (Å²) in [6.45, 7) is 3.65. The summed E-state index contributed by atoms with van der Waals surface area (Å²) in [4.78, 5) is 38.9. The Balaban J connectivity index is 1.51. The molecule has 1 saturated carbocycles. The van der Waals surface area contributed by atoms with E-state index in [9.17, 15) is 14.4 Å². The highest BCUT2D eigenvalue weighted by Gasteiger charge is 2.24. The number of rotatable bonds is 6. The SMILES string of the molecule is Cc1cccc(NC(=O)NCCC(=O)NC2CCCC2)c1C(=O)N1CCCC1. The van der Waals surface area contributed by atoms with Crippen LogP contribution in [0.25, 0.3) is 0 Å². The molecule has 3 N–H and O–H groups in total. The molecule has 2 fully saturated rings. The molecule has 152 valence electrons. The molecule has 1 aliphatic heterocycles. The summed E-state index contributed by atoms with van der Waals surface area (Å²) in [6.07, 6.45) is 6.70. The number of carbonyl (C=O) groups excluding carboxylic acids is 3. The van der Waals surface area contributed by atoms with Gasteiger partial charge in [-0.25, -0.2) is 4.79 Å². The highest BCUT2D eigenvalue weighted by Crippen LogP contribution is 2.23. The van der Waals surface area contributed by atoms with Gasteiger partial charge in [0.1, 0.15) is 0 Å². The molecule has 7 nitrogen and oxygen atoms in total. The van der Waals surface area contributed by atoms with Crippen LogP contribution in [-0.2, 0) is 4.79 Å². The third kappa shape index (κ3) is 5.24. The molecule has 1 aliphatic carbocycles. The van der Waals surface area contributed by atoms with E-state index in [-0.39, 0.29) is 30.8 Å². The Kier molecular flexibility index (Phi) is 6.90. The van der Waals surface area contributed by atoms with Gasteiger partial charge >= 0.3 is 6.03 Å². The molecule has 1 saturated heterocycles. The maximum atomic E-state index is 12.8. The zero-order valence-electron chi connectivity index (χ0n) is 16.6. The van der Waals surface area contributed by atoms with Crippen molar-refractivity contribution in [3.8, 4) is 0 Å². The van der Waals surface area contributed by atoms with Gasteiger partial charge < -0.3 is 20.9 Å². The van der Waals surface area contributed by atoms with E-state index in [2.05, 4.69) is 16.0 Å². The van der Waals surface area contributed by atoms with Crippen LogP contribution in [-0.4, -0.2) is 48.4 Å². The Labute approximate surface area is 166 Å². The first kappa shape index (κ1) is 20.2. The first-order valence-electron chi connectivity index (χ1n) is 10.3. The summed E-state index contributed by atoms with van der Waals surface area (Å²) in [7, 11) is 0.